The summed E-state index contributed by atoms with van der Waals surface area (Å²) in [6, 6.07) is 0.0281. The number of nitrogens with zero attached hydrogens (tertiary/aromatic N) is 2. The third-order valence-corrected chi connectivity index (χ3v) is 4.25. The van der Waals surface area contributed by atoms with E-state index in [9.17, 15) is 4.79 Å². The van der Waals surface area contributed by atoms with Gasteiger partial charge >= 0.3 is 6.03 Å². The van der Waals surface area contributed by atoms with Gasteiger partial charge < -0.3 is 15.2 Å². The van der Waals surface area contributed by atoms with Crippen molar-refractivity contribution in [2.45, 2.75) is 32.4 Å². The van der Waals surface area contributed by atoms with Gasteiger partial charge in [-0.3, -0.25) is 0 Å². The summed E-state index contributed by atoms with van der Waals surface area (Å²) in [6.45, 7) is 2.90. The van der Waals surface area contributed by atoms with Crippen LogP contribution in [0.1, 0.15) is 17.8 Å². The number of urea groups is 1. The van der Waals surface area contributed by atoms with Crippen LogP contribution in [0.25, 0.3) is 0 Å². The fourth-order valence-electron chi connectivity index (χ4n) is 2.31. The fourth-order valence-corrected chi connectivity index (χ4v) is 3.09. The van der Waals surface area contributed by atoms with Crippen LogP contribution in [0.15, 0.2) is 23.2 Å². The number of carbonyl (C=O) groups excluding carboxylic acids is 1. The predicted molar refractivity (Wildman–Crippen MR) is 75.5 cm³/mol. The molecule has 1 aliphatic rings. The van der Waals surface area contributed by atoms with E-state index in [-0.39, 0.29) is 12.1 Å². The zero-order valence-corrected chi connectivity index (χ0v) is 11.5. The van der Waals surface area contributed by atoms with Crippen LogP contribution in [0.4, 0.5) is 10.5 Å². The maximum atomic E-state index is 11.9. The van der Waals surface area contributed by atoms with Crippen LogP contribution in [-0.2, 0) is 13.0 Å². The molecule has 2 N–H and O–H groups in total. The minimum Gasteiger partial charge on any atom is -0.335 e. The third kappa shape index (κ3) is 2.63. The highest BCUT2D eigenvalue weighted by Crippen LogP contribution is 2.19. The van der Waals surface area contributed by atoms with E-state index >= 15 is 0 Å². The Balaban J connectivity index is 1.58. The molecule has 100 valence electrons. The van der Waals surface area contributed by atoms with Gasteiger partial charge in [0.15, 0.2) is 0 Å². The molecule has 0 spiro atoms. The van der Waals surface area contributed by atoms with Crippen LogP contribution in [0.3, 0.4) is 0 Å². The lowest BCUT2D eigenvalue weighted by molar-refractivity contribution is 0.245. The number of anilines is 1. The standard InChI is InChI=1S/C13H16N4OS/c1-9-7-19-8-11(9)16-13(18)15-10-2-4-17-5-3-14-12(17)6-10/h3,5,7-8,10H,2,4,6H2,1H3,(H2,15,16,18). The van der Waals surface area contributed by atoms with Crippen LogP contribution in [0, 0.1) is 6.92 Å². The van der Waals surface area contributed by atoms with Gasteiger partial charge in [0.25, 0.3) is 0 Å². The van der Waals surface area contributed by atoms with Crippen molar-refractivity contribution in [2.24, 2.45) is 0 Å². The van der Waals surface area contributed by atoms with Crippen molar-refractivity contribution in [3.05, 3.63) is 34.5 Å². The van der Waals surface area contributed by atoms with Crippen LogP contribution in [0.5, 0.6) is 0 Å². The number of hydrogen-bond donors (Lipinski definition) is 2. The SMILES string of the molecule is Cc1cscc1NC(=O)NC1CCn2ccnc2C1. The number of rotatable bonds is 2. The molecule has 2 aromatic heterocycles. The van der Waals surface area contributed by atoms with Crippen LogP contribution < -0.4 is 10.6 Å². The summed E-state index contributed by atoms with van der Waals surface area (Å²) in [5.41, 5.74) is 1.99. The second-order valence-corrected chi connectivity index (χ2v) is 5.54. The molecule has 0 radical (unpaired) electrons. The van der Waals surface area contributed by atoms with Crippen LogP contribution in [-0.4, -0.2) is 21.6 Å². The summed E-state index contributed by atoms with van der Waals surface area (Å²) >= 11 is 1.59. The first-order valence-electron chi connectivity index (χ1n) is 6.32. The number of aryl methyl sites for hydroxylation is 2. The largest absolute Gasteiger partial charge is 0.335 e. The number of fused-ring (bicyclic) bond motifs is 1. The summed E-state index contributed by atoms with van der Waals surface area (Å²) in [4.78, 5) is 16.2. The highest BCUT2D eigenvalue weighted by Gasteiger charge is 2.20. The molecule has 1 aliphatic heterocycles. The molecule has 2 aromatic rings. The van der Waals surface area contributed by atoms with Gasteiger partial charge in [-0.25, -0.2) is 9.78 Å². The quantitative estimate of drug-likeness (QED) is 0.885. The average Bonchev–Trinajstić information content (AvgIpc) is 2.98. The molecule has 6 heteroatoms. The van der Waals surface area contributed by atoms with E-state index in [1.54, 1.807) is 11.3 Å². The van der Waals surface area contributed by atoms with E-state index in [2.05, 4.69) is 20.2 Å². The van der Waals surface area contributed by atoms with Crippen molar-refractivity contribution < 1.29 is 4.79 Å². The molecular formula is C13H16N4OS. The van der Waals surface area contributed by atoms with Crippen molar-refractivity contribution in [2.75, 3.05) is 5.32 Å². The van der Waals surface area contributed by atoms with Gasteiger partial charge in [-0.05, 0) is 24.3 Å². The molecular weight excluding hydrogens is 260 g/mol. The molecule has 3 heterocycles. The van der Waals surface area contributed by atoms with Crippen molar-refractivity contribution >= 4 is 23.1 Å². The third-order valence-electron chi connectivity index (χ3n) is 3.39. The van der Waals surface area contributed by atoms with E-state index in [0.29, 0.717) is 0 Å². The molecule has 1 atom stereocenters. The fraction of sp³-hybridized carbons (Fsp3) is 0.385. The average molecular weight is 276 g/mol. The monoisotopic (exact) mass is 276 g/mol. The lowest BCUT2D eigenvalue weighted by atomic mass is 10.1. The first kappa shape index (κ1) is 12.2. The predicted octanol–water partition coefficient (Wildman–Crippen LogP) is 2.39. The van der Waals surface area contributed by atoms with Crippen LogP contribution in [0.2, 0.25) is 0 Å². The van der Waals surface area contributed by atoms with Gasteiger partial charge in [-0.1, -0.05) is 0 Å². The molecule has 1 unspecified atom stereocenters. The number of nitrogens with one attached hydrogen (secondary N) is 2. The Bertz CT molecular complexity index is 589. The summed E-state index contributed by atoms with van der Waals surface area (Å²) in [5.74, 6) is 1.04. The first-order chi connectivity index (χ1) is 9.22. The number of imidazole rings is 1. The summed E-state index contributed by atoms with van der Waals surface area (Å²) in [5, 5.41) is 9.87. The molecule has 19 heavy (non-hydrogen) atoms. The Morgan fingerprint density at radius 2 is 2.42 bits per heavy atom. The molecule has 0 aromatic carbocycles. The zero-order valence-electron chi connectivity index (χ0n) is 10.7. The van der Waals surface area contributed by atoms with Crippen molar-refractivity contribution in [1.82, 2.24) is 14.9 Å². The molecule has 5 nitrogen and oxygen atoms in total. The summed E-state index contributed by atoms with van der Waals surface area (Å²) in [6.07, 6.45) is 5.54. The first-order valence-corrected chi connectivity index (χ1v) is 7.27. The highest BCUT2D eigenvalue weighted by atomic mass is 32.1. The summed E-state index contributed by atoms with van der Waals surface area (Å²) < 4.78 is 2.14. The van der Waals surface area contributed by atoms with Gasteiger partial charge in [0.05, 0.1) is 5.69 Å². The Kier molecular flexibility index (Phi) is 3.25. The summed E-state index contributed by atoms with van der Waals surface area (Å²) in [7, 11) is 0. The zero-order chi connectivity index (χ0) is 13.2. The van der Waals surface area contributed by atoms with Crippen LogP contribution >= 0.6 is 11.3 Å². The van der Waals surface area contributed by atoms with Gasteiger partial charge in [0, 0.05) is 36.8 Å². The molecule has 2 amide bonds. The Morgan fingerprint density at radius 3 is 3.21 bits per heavy atom. The van der Waals surface area contributed by atoms with Gasteiger partial charge in [0.2, 0.25) is 0 Å². The van der Waals surface area contributed by atoms with Gasteiger partial charge in [0.1, 0.15) is 5.82 Å². The van der Waals surface area contributed by atoms with Gasteiger partial charge in [-0.15, -0.1) is 11.3 Å². The van der Waals surface area contributed by atoms with Crippen molar-refractivity contribution in [3.63, 3.8) is 0 Å². The smallest absolute Gasteiger partial charge is 0.319 e. The van der Waals surface area contributed by atoms with E-state index < -0.39 is 0 Å². The molecule has 0 saturated heterocycles. The normalized spacial score (nSPS) is 17.8. The number of thiophene rings is 1. The van der Waals surface area contributed by atoms with E-state index in [4.69, 9.17) is 0 Å². The maximum absolute atomic E-state index is 11.9. The highest BCUT2D eigenvalue weighted by molar-refractivity contribution is 7.08. The Hall–Kier alpha value is -1.82. The number of carbonyl (C=O) groups is 1. The maximum Gasteiger partial charge on any atom is 0.319 e. The second kappa shape index (κ2) is 5.05. The minimum atomic E-state index is -0.133. The Labute approximate surface area is 115 Å². The number of aromatic nitrogens is 2. The molecule has 0 saturated carbocycles. The van der Waals surface area contributed by atoms with E-state index in [1.165, 1.54) is 0 Å². The number of hydrogen-bond acceptors (Lipinski definition) is 3. The minimum absolute atomic E-state index is 0.133. The molecule has 0 bridgehead atoms. The Morgan fingerprint density at radius 1 is 1.53 bits per heavy atom. The van der Waals surface area contributed by atoms with E-state index in [1.807, 2.05) is 30.1 Å². The van der Waals surface area contributed by atoms with Gasteiger partial charge in [-0.2, -0.15) is 0 Å². The lowest BCUT2D eigenvalue weighted by Gasteiger charge is -2.24. The van der Waals surface area contributed by atoms with Crippen molar-refractivity contribution in [1.29, 1.82) is 0 Å². The molecule has 0 aliphatic carbocycles. The van der Waals surface area contributed by atoms with Crippen molar-refractivity contribution in [3.8, 4) is 0 Å². The molecule has 3 rings (SSSR count). The van der Waals surface area contributed by atoms with E-state index in [0.717, 1.165) is 36.5 Å². The lowest BCUT2D eigenvalue weighted by Crippen LogP contribution is -2.42. The number of amides is 2. The topological polar surface area (TPSA) is 59.0 Å². The molecule has 0 fully saturated rings. The second-order valence-electron chi connectivity index (χ2n) is 4.79.